The molecule has 0 aliphatic heterocycles. The molecule has 1 unspecified atom stereocenters. The van der Waals surface area contributed by atoms with Crippen LogP contribution < -0.4 is 5.73 Å². The monoisotopic (exact) mass is 213 g/mol. The topological polar surface area (TPSA) is 46.2 Å². The van der Waals surface area contributed by atoms with E-state index in [-0.39, 0.29) is 6.10 Å². The Bertz CT molecular complexity index is 260. The summed E-state index contributed by atoms with van der Waals surface area (Å²) in [6, 6.07) is 7.70. The maximum atomic E-state index is 9.46. The van der Waals surface area contributed by atoms with E-state index in [9.17, 15) is 5.11 Å². The summed E-state index contributed by atoms with van der Waals surface area (Å²) in [5.74, 6) is 0. The van der Waals surface area contributed by atoms with Gasteiger partial charge in [-0.3, -0.25) is 0 Å². The van der Waals surface area contributed by atoms with Crippen LogP contribution in [0.3, 0.4) is 0 Å². The molecule has 0 saturated heterocycles. The van der Waals surface area contributed by atoms with Gasteiger partial charge in [-0.25, -0.2) is 0 Å². The Hall–Kier alpha value is -0.570. The summed E-state index contributed by atoms with van der Waals surface area (Å²) < 4.78 is 0. The van der Waals surface area contributed by atoms with Crippen LogP contribution in [0.1, 0.15) is 18.4 Å². The molecule has 0 aliphatic carbocycles. The van der Waals surface area contributed by atoms with E-state index < -0.39 is 0 Å². The molecule has 1 aromatic carbocycles. The number of benzene rings is 1. The first-order valence-corrected chi connectivity index (χ1v) is 5.22. The Labute approximate surface area is 89.7 Å². The van der Waals surface area contributed by atoms with Crippen molar-refractivity contribution in [1.82, 2.24) is 0 Å². The highest BCUT2D eigenvalue weighted by Gasteiger charge is 2.02. The molecule has 3 heteroatoms. The third-order valence-electron chi connectivity index (χ3n) is 2.18. The van der Waals surface area contributed by atoms with Gasteiger partial charge < -0.3 is 10.8 Å². The Kier molecular flexibility index (Phi) is 4.94. The first-order valence-electron chi connectivity index (χ1n) is 4.85. The van der Waals surface area contributed by atoms with Crippen LogP contribution >= 0.6 is 11.6 Å². The van der Waals surface area contributed by atoms with E-state index in [1.165, 1.54) is 5.56 Å². The second-order valence-electron chi connectivity index (χ2n) is 3.40. The fourth-order valence-corrected chi connectivity index (χ4v) is 1.45. The first kappa shape index (κ1) is 11.5. The van der Waals surface area contributed by atoms with Crippen LogP contribution in [0.2, 0.25) is 5.02 Å². The predicted octanol–water partition coefficient (Wildman–Crippen LogP) is 1.98. The van der Waals surface area contributed by atoms with E-state index in [0.717, 1.165) is 17.9 Å². The van der Waals surface area contributed by atoms with Crippen LogP contribution in [0.25, 0.3) is 0 Å². The third-order valence-corrected chi connectivity index (χ3v) is 2.43. The van der Waals surface area contributed by atoms with Crippen molar-refractivity contribution in [3.05, 3.63) is 34.9 Å². The SMILES string of the molecule is NCCC(O)CCc1ccc(Cl)cc1. The minimum atomic E-state index is -0.282. The molecule has 0 aromatic heterocycles. The van der Waals surface area contributed by atoms with Crippen molar-refractivity contribution in [1.29, 1.82) is 0 Å². The third kappa shape index (κ3) is 4.09. The molecule has 0 heterocycles. The van der Waals surface area contributed by atoms with Crippen molar-refractivity contribution >= 4 is 11.6 Å². The zero-order valence-corrected chi connectivity index (χ0v) is 8.87. The lowest BCUT2D eigenvalue weighted by molar-refractivity contribution is 0.157. The van der Waals surface area contributed by atoms with Crippen LogP contribution in [0.5, 0.6) is 0 Å². The molecule has 0 fully saturated rings. The molecule has 3 N–H and O–H groups in total. The van der Waals surface area contributed by atoms with Crippen molar-refractivity contribution in [3.8, 4) is 0 Å². The first-order chi connectivity index (χ1) is 6.72. The lowest BCUT2D eigenvalue weighted by Gasteiger charge is -2.08. The van der Waals surface area contributed by atoms with Crippen molar-refractivity contribution in [2.24, 2.45) is 5.73 Å². The van der Waals surface area contributed by atoms with E-state index in [4.69, 9.17) is 17.3 Å². The minimum absolute atomic E-state index is 0.282. The van der Waals surface area contributed by atoms with Gasteiger partial charge in [0.15, 0.2) is 0 Å². The largest absolute Gasteiger partial charge is 0.393 e. The molecule has 0 saturated carbocycles. The average Bonchev–Trinajstić information content (AvgIpc) is 2.17. The molecular formula is C11H16ClNO. The highest BCUT2D eigenvalue weighted by atomic mass is 35.5. The zero-order chi connectivity index (χ0) is 10.4. The molecule has 14 heavy (non-hydrogen) atoms. The van der Waals surface area contributed by atoms with E-state index in [1.807, 2.05) is 24.3 Å². The summed E-state index contributed by atoms with van der Waals surface area (Å²) in [6.45, 7) is 0.543. The molecule has 0 bridgehead atoms. The van der Waals surface area contributed by atoms with Crippen LogP contribution in [-0.4, -0.2) is 17.8 Å². The number of hydrogen-bond donors (Lipinski definition) is 2. The lowest BCUT2D eigenvalue weighted by Crippen LogP contribution is -2.13. The van der Waals surface area contributed by atoms with E-state index in [2.05, 4.69) is 0 Å². The maximum Gasteiger partial charge on any atom is 0.0555 e. The number of aliphatic hydroxyl groups excluding tert-OH is 1. The molecule has 0 aliphatic rings. The summed E-state index contributed by atoms with van der Waals surface area (Å²) in [5, 5.41) is 10.2. The molecule has 1 rings (SSSR count). The van der Waals surface area contributed by atoms with Gasteiger partial charge in [-0.15, -0.1) is 0 Å². The van der Waals surface area contributed by atoms with Crippen molar-refractivity contribution in [3.63, 3.8) is 0 Å². The molecule has 0 radical (unpaired) electrons. The van der Waals surface area contributed by atoms with E-state index in [0.29, 0.717) is 13.0 Å². The standard InChI is InChI=1S/C11H16ClNO/c12-10-4-1-9(2-5-10)3-6-11(14)7-8-13/h1-2,4-5,11,14H,3,6-8,13H2. The van der Waals surface area contributed by atoms with Crippen molar-refractivity contribution in [2.75, 3.05) is 6.54 Å². The lowest BCUT2D eigenvalue weighted by atomic mass is 10.1. The fourth-order valence-electron chi connectivity index (χ4n) is 1.32. The Morgan fingerprint density at radius 3 is 2.43 bits per heavy atom. The van der Waals surface area contributed by atoms with Gasteiger partial charge in [0.1, 0.15) is 0 Å². The molecule has 78 valence electrons. The number of nitrogens with two attached hydrogens (primary N) is 1. The normalized spacial score (nSPS) is 12.8. The van der Waals surface area contributed by atoms with Gasteiger partial charge in [-0.05, 0) is 43.5 Å². The van der Waals surface area contributed by atoms with Gasteiger partial charge in [-0.2, -0.15) is 0 Å². The van der Waals surface area contributed by atoms with Crippen molar-refractivity contribution < 1.29 is 5.11 Å². The van der Waals surface area contributed by atoms with Crippen molar-refractivity contribution in [2.45, 2.75) is 25.4 Å². The Morgan fingerprint density at radius 2 is 1.86 bits per heavy atom. The van der Waals surface area contributed by atoms with Gasteiger partial charge in [0.25, 0.3) is 0 Å². The highest BCUT2D eigenvalue weighted by Crippen LogP contribution is 2.12. The Morgan fingerprint density at radius 1 is 1.21 bits per heavy atom. The summed E-state index contributed by atoms with van der Waals surface area (Å²) in [4.78, 5) is 0. The second kappa shape index (κ2) is 6.02. The summed E-state index contributed by atoms with van der Waals surface area (Å²) in [5.41, 5.74) is 6.54. The summed E-state index contributed by atoms with van der Waals surface area (Å²) in [6.07, 6.45) is 2.03. The smallest absolute Gasteiger partial charge is 0.0555 e. The molecular weight excluding hydrogens is 198 g/mol. The van der Waals surface area contributed by atoms with Crippen LogP contribution in [-0.2, 0) is 6.42 Å². The van der Waals surface area contributed by atoms with Crippen LogP contribution in [0.15, 0.2) is 24.3 Å². The summed E-state index contributed by atoms with van der Waals surface area (Å²) >= 11 is 5.76. The van der Waals surface area contributed by atoms with E-state index >= 15 is 0 Å². The van der Waals surface area contributed by atoms with Crippen LogP contribution in [0.4, 0.5) is 0 Å². The second-order valence-corrected chi connectivity index (χ2v) is 3.83. The van der Waals surface area contributed by atoms with E-state index in [1.54, 1.807) is 0 Å². The summed E-state index contributed by atoms with van der Waals surface area (Å²) in [7, 11) is 0. The van der Waals surface area contributed by atoms with Gasteiger partial charge in [0, 0.05) is 5.02 Å². The fraction of sp³-hybridized carbons (Fsp3) is 0.455. The molecule has 0 amide bonds. The minimum Gasteiger partial charge on any atom is -0.393 e. The molecule has 1 aromatic rings. The molecule has 1 atom stereocenters. The quantitative estimate of drug-likeness (QED) is 0.786. The average molecular weight is 214 g/mol. The molecule has 0 spiro atoms. The van der Waals surface area contributed by atoms with Gasteiger partial charge >= 0.3 is 0 Å². The maximum absolute atomic E-state index is 9.46. The van der Waals surface area contributed by atoms with Crippen LogP contribution in [0, 0.1) is 0 Å². The number of hydrogen-bond acceptors (Lipinski definition) is 2. The number of rotatable bonds is 5. The van der Waals surface area contributed by atoms with Gasteiger partial charge in [0.05, 0.1) is 6.10 Å². The number of halogens is 1. The Balaban J connectivity index is 2.34. The predicted molar refractivity (Wildman–Crippen MR) is 59.5 cm³/mol. The number of aryl methyl sites for hydroxylation is 1. The zero-order valence-electron chi connectivity index (χ0n) is 8.12. The number of aliphatic hydroxyl groups is 1. The highest BCUT2D eigenvalue weighted by molar-refractivity contribution is 6.30. The molecule has 2 nitrogen and oxygen atoms in total. The van der Waals surface area contributed by atoms with Gasteiger partial charge in [-0.1, -0.05) is 23.7 Å². The van der Waals surface area contributed by atoms with Gasteiger partial charge in [0.2, 0.25) is 0 Å².